The molecule has 2 N–H and O–H groups in total. The second kappa shape index (κ2) is 8.35. The third-order valence-corrected chi connectivity index (χ3v) is 4.57. The highest BCUT2D eigenvalue weighted by atomic mass is 32.2. The molecule has 0 aliphatic carbocycles. The zero-order valence-electron chi connectivity index (χ0n) is 13.6. The van der Waals surface area contributed by atoms with Crippen LogP contribution in [0, 0.1) is 0 Å². The fourth-order valence-electron chi connectivity index (χ4n) is 2.37. The smallest absolute Gasteiger partial charge is 0.192 e. The van der Waals surface area contributed by atoms with Crippen LogP contribution in [0.1, 0.15) is 25.5 Å². The number of nitrogens with one attached hydrogen (secondary N) is 2. The quantitative estimate of drug-likeness (QED) is 0.565. The lowest BCUT2D eigenvalue weighted by Crippen LogP contribution is -2.48. The molecule has 0 bridgehead atoms. The molecular weight excluding hydrogens is 318 g/mol. The average Bonchev–Trinajstić information content (AvgIpc) is 3.16. The van der Waals surface area contributed by atoms with E-state index in [4.69, 9.17) is 9.15 Å². The molecule has 0 aromatic carbocycles. The van der Waals surface area contributed by atoms with E-state index in [-0.39, 0.29) is 17.9 Å². The molecule has 1 fully saturated rings. The molecule has 1 aromatic heterocycles. The summed E-state index contributed by atoms with van der Waals surface area (Å²) in [6.07, 6.45) is 5.06. The number of hydrogen-bond acceptors (Lipinski definition) is 5. The summed E-state index contributed by atoms with van der Waals surface area (Å²) in [6.45, 7) is 3.52. The molecule has 0 saturated carbocycles. The highest BCUT2D eigenvalue weighted by Gasteiger charge is 2.23. The van der Waals surface area contributed by atoms with Gasteiger partial charge >= 0.3 is 0 Å². The maximum Gasteiger partial charge on any atom is 0.192 e. The third kappa shape index (κ3) is 6.62. The maximum atomic E-state index is 11.3. The van der Waals surface area contributed by atoms with Crippen molar-refractivity contribution in [1.29, 1.82) is 0 Å². The number of rotatable bonds is 7. The highest BCUT2D eigenvalue weighted by molar-refractivity contribution is 7.90. The molecule has 1 aliphatic rings. The first-order valence-corrected chi connectivity index (χ1v) is 9.86. The largest absolute Gasteiger partial charge is 0.467 e. The van der Waals surface area contributed by atoms with E-state index in [0.717, 1.165) is 25.2 Å². The Labute approximate surface area is 137 Å². The highest BCUT2D eigenvalue weighted by Crippen LogP contribution is 2.15. The molecule has 8 heteroatoms. The molecule has 2 atom stereocenters. The Morgan fingerprint density at radius 2 is 2.35 bits per heavy atom. The van der Waals surface area contributed by atoms with Gasteiger partial charge in [0.25, 0.3) is 0 Å². The van der Waals surface area contributed by atoms with E-state index in [0.29, 0.717) is 19.0 Å². The third-order valence-electron chi connectivity index (χ3n) is 3.63. The van der Waals surface area contributed by atoms with E-state index >= 15 is 0 Å². The first-order valence-electron chi connectivity index (χ1n) is 7.80. The van der Waals surface area contributed by atoms with E-state index in [9.17, 15) is 8.42 Å². The molecule has 0 spiro atoms. The van der Waals surface area contributed by atoms with Crippen molar-refractivity contribution in [2.75, 3.05) is 25.2 Å². The summed E-state index contributed by atoms with van der Waals surface area (Å²) >= 11 is 0. The van der Waals surface area contributed by atoms with Crippen LogP contribution in [0.3, 0.4) is 0 Å². The van der Waals surface area contributed by atoms with E-state index in [1.807, 2.05) is 19.1 Å². The maximum absolute atomic E-state index is 11.3. The van der Waals surface area contributed by atoms with Gasteiger partial charge in [0.2, 0.25) is 0 Å². The minimum atomic E-state index is -3.01. The molecule has 23 heavy (non-hydrogen) atoms. The molecule has 0 radical (unpaired) electrons. The van der Waals surface area contributed by atoms with Crippen molar-refractivity contribution in [3.63, 3.8) is 0 Å². The zero-order chi connectivity index (χ0) is 16.7. The van der Waals surface area contributed by atoms with Crippen LogP contribution >= 0.6 is 0 Å². The van der Waals surface area contributed by atoms with Gasteiger partial charge in [-0.05, 0) is 31.9 Å². The second-order valence-corrected chi connectivity index (χ2v) is 8.05. The fourth-order valence-corrected chi connectivity index (χ4v) is 2.85. The predicted molar refractivity (Wildman–Crippen MR) is 89.1 cm³/mol. The van der Waals surface area contributed by atoms with Crippen molar-refractivity contribution in [2.24, 2.45) is 4.99 Å². The van der Waals surface area contributed by atoms with Crippen LogP contribution in [0.2, 0.25) is 0 Å². The summed E-state index contributed by atoms with van der Waals surface area (Å²) in [5, 5.41) is 6.34. The van der Waals surface area contributed by atoms with Crippen LogP contribution < -0.4 is 10.6 Å². The fraction of sp³-hybridized carbons (Fsp3) is 0.667. The first-order chi connectivity index (χ1) is 10.9. The number of sulfone groups is 1. The molecule has 1 aliphatic heterocycles. The number of guanidine groups is 1. The Bertz CT molecular complexity index is 592. The number of furan rings is 1. The van der Waals surface area contributed by atoms with E-state index in [1.54, 1.807) is 6.26 Å². The summed E-state index contributed by atoms with van der Waals surface area (Å²) < 4.78 is 33.4. The SMILES string of the molecule is CC(NC(=NCc1ccco1)NCCS(C)(=O)=O)C1CCCO1. The molecule has 2 heterocycles. The predicted octanol–water partition coefficient (Wildman–Crippen LogP) is 0.927. The van der Waals surface area contributed by atoms with Gasteiger partial charge < -0.3 is 19.8 Å². The van der Waals surface area contributed by atoms with E-state index in [1.165, 1.54) is 6.26 Å². The van der Waals surface area contributed by atoms with Crippen molar-refractivity contribution < 1.29 is 17.6 Å². The van der Waals surface area contributed by atoms with Gasteiger partial charge in [-0.1, -0.05) is 0 Å². The number of nitrogens with zero attached hydrogens (tertiary/aromatic N) is 1. The Hall–Kier alpha value is -1.54. The topological polar surface area (TPSA) is 92.9 Å². The molecule has 7 nitrogen and oxygen atoms in total. The Morgan fingerprint density at radius 1 is 1.52 bits per heavy atom. The standard InChI is InChI=1S/C15H25N3O4S/c1-12(14-6-4-9-22-14)18-15(16-7-10-23(2,19)20)17-11-13-5-3-8-21-13/h3,5,8,12,14H,4,6-7,9-11H2,1-2H3,(H2,16,17,18). The van der Waals surface area contributed by atoms with Gasteiger partial charge in [0.1, 0.15) is 22.1 Å². The summed E-state index contributed by atoms with van der Waals surface area (Å²) in [5.74, 6) is 1.37. The molecule has 0 amide bonds. The van der Waals surface area contributed by atoms with Gasteiger partial charge in [-0.2, -0.15) is 0 Å². The van der Waals surface area contributed by atoms with E-state index in [2.05, 4.69) is 15.6 Å². The van der Waals surface area contributed by atoms with Crippen molar-refractivity contribution in [2.45, 2.75) is 38.5 Å². The molecule has 2 unspecified atom stereocenters. The molecule has 1 aromatic rings. The minimum Gasteiger partial charge on any atom is -0.467 e. The van der Waals surface area contributed by atoms with Crippen molar-refractivity contribution in [3.05, 3.63) is 24.2 Å². The van der Waals surface area contributed by atoms with Gasteiger partial charge in [0.15, 0.2) is 5.96 Å². The lowest BCUT2D eigenvalue weighted by atomic mass is 10.1. The lowest BCUT2D eigenvalue weighted by molar-refractivity contribution is 0.0890. The number of hydrogen-bond donors (Lipinski definition) is 2. The normalized spacial score (nSPS) is 20.4. The Balaban J connectivity index is 1.93. The van der Waals surface area contributed by atoms with Gasteiger partial charge in [-0.25, -0.2) is 13.4 Å². The second-order valence-electron chi connectivity index (χ2n) is 5.79. The molecule has 2 rings (SSSR count). The van der Waals surface area contributed by atoms with Crippen molar-refractivity contribution in [3.8, 4) is 0 Å². The Kier molecular flexibility index (Phi) is 6.47. The monoisotopic (exact) mass is 343 g/mol. The average molecular weight is 343 g/mol. The molecule has 1 saturated heterocycles. The van der Waals surface area contributed by atoms with Crippen LogP contribution in [0.25, 0.3) is 0 Å². The van der Waals surface area contributed by atoms with Gasteiger partial charge in [0.05, 0.1) is 24.2 Å². The molecule has 130 valence electrons. The molecular formula is C15H25N3O4S. The van der Waals surface area contributed by atoms with Gasteiger partial charge in [0, 0.05) is 19.4 Å². The number of aliphatic imine (C=N–C) groups is 1. The van der Waals surface area contributed by atoms with Gasteiger partial charge in [-0.15, -0.1) is 0 Å². The van der Waals surface area contributed by atoms with Gasteiger partial charge in [-0.3, -0.25) is 0 Å². The van der Waals surface area contributed by atoms with Crippen LogP contribution in [0.5, 0.6) is 0 Å². The lowest BCUT2D eigenvalue weighted by Gasteiger charge is -2.22. The summed E-state index contributed by atoms with van der Waals surface area (Å²) in [7, 11) is -3.01. The first kappa shape index (κ1) is 17.8. The van der Waals surface area contributed by atoms with Crippen LogP contribution in [-0.4, -0.2) is 51.7 Å². The van der Waals surface area contributed by atoms with Crippen LogP contribution in [-0.2, 0) is 21.1 Å². The van der Waals surface area contributed by atoms with Crippen molar-refractivity contribution in [1.82, 2.24) is 10.6 Å². The van der Waals surface area contributed by atoms with Crippen LogP contribution in [0.15, 0.2) is 27.8 Å². The summed E-state index contributed by atoms with van der Waals surface area (Å²) in [4.78, 5) is 4.45. The number of ether oxygens (including phenoxy) is 1. The summed E-state index contributed by atoms with van der Waals surface area (Å²) in [6, 6.07) is 3.75. The minimum absolute atomic E-state index is 0.0583. The zero-order valence-corrected chi connectivity index (χ0v) is 14.4. The Morgan fingerprint density at radius 3 is 2.96 bits per heavy atom. The van der Waals surface area contributed by atoms with Crippen molar-refractivity contribution >= 4 is 15.8 Å². The van der Waals surface area contributed by atoms with E-state index < -0.39 is 9.84 Å². The summed E-state index contributed by atoms with van der Waals surface area (Å²) in [5.41, 5.74) is 0. The van der Waals surface area contributed by atoms with Crippen LogP contribution in [0.4, 0.5) is 0 Å².